The first-order valence-corrected chi connectivity index (χ1v) is 17.0. The first-order valence-electron chi connectivity index (χ1n) is 17.0. The van der Waals surface area contributed by atoms with Crippen molar-refractivity contribution in [3.8, 4) is 0 Å². The van der Waals surface area contributed by atoms with Crippen LogP contribution < -0.4 is 0 Å². The Kier molecular flexibility index (Phi) is 9.78. The van der Waals surface area contributed by atoms with Crippen LogP contribution in [0.15, 0.2) is 0 Å². The number of hydrogen-bond acceptors (Lipinski definition) is 6. The number of rotatable bonds is 5. The smallest absolute Gasteiger partial charge is 0.348 e. The van der Waals surface area contributed by atoms with Gasteiger partial charge in [-0.2, -0.15) is 0 Å². The highest BCUT2D eigenvalue weighted by Gasteiger charge is 2.64. The van der Waals surface area contributed by atoms with Gasteiger partial charge in [-0.1, -0.05) is 57.4 Å². The van der Waals surface area contributed by atoms with E-state index in [2.05, 4.69) is 20.8 Å². The van der Waals surface area contributed by atoms with Gasteiger partial charge in [-0.3, -0.25) is 9.59 Å². The van der Waals surface area contributed by atoms with Gasteiger partial charge in [0.05, 0.1) is 11.8 Å². The second kappa shape index (κ2) is 12.1. The molecule has 1 aliphatic heterocycles. The largest absolute Gasteiger partial charge is 0.462 e. The summed E-state index contributed by atoms with van der Waals surface area (Å²) in [6, 6.07) is 0. The molecule has 0 radical (unpaired) electrons. The van der Waals surface area contributed by atoms with E-state index in [-0.39, 0.29) is 59.1 Å². The average molecular weight is 631 g/mol. The van der Waals surface area contributed by atoms with Crippen LogP contribution in [0.25, 0.3) is 0 Å². The zero-order chi connectivity index (χ0) is 28.6. The van der Waals surface area contributed by atoms with Gasteiger partial charge in [0.25, 0.3) is 0 Å². The minimum atomic E-state index is -0.797. The summed E-state index contributed by atoms with van der Waals surface area (Å²) >= 11 is 0. The standard InChI is InChI=1S/C35H50O6.4CH4/c1-16-20-11-25(27(12-20)32(37)41-35(5)22-7-18-6-19(9-22)10-23(35)8-18)29(16)28-17(2)24-13-21(28)14-26(24)31(36)40-30-33(38)39-15-34(30,3)4;;;;/h16-30H,6-15H2,1-5H3;4*1H4. The van der Waals surface area contributed by atoms with Crippen molar-refractivity contribution in [2.24, 2.45) is 88.3 Å². The minimum Gasteiger partial charge on any atom is -0.462 e. The van der Waals surface area contributed by atoms with Crippen molar-refractivity contribution in [3.63, 3.8) is 0 Å². The van der Waals surface area contributed by atoms with Gasteiger partial charge in [0.15, 0.2) is 0 Å². The molecule has 1 heterocycles. The maximum Gasteiger partial charge on any atom is 0.348 e. The van der Waals surface area contributed by atoms with Gasteiger partial charge in [-0.05, 0) is 136 Å². The molecule has 9 rings (SSSR count). The quantitative estimate of drug-likeness (QED) is 0.224. The lowest BCUT2D eigenvalue weighted by Gasteiger charge is -2.59. The summed E-state index contributed by atoms with van der Waals surface area (Å²) in [6.07, 6.45) is 9.78. The first kappa shape index (κ1) is 36.2. The van der Waals surface area contributed by atoms with Gasteiger partial charge < -0.3 is 14.2 Å². The summed E-state index contributed by atoms with van der Waals surface area (Å²) in [5.74, 6) is 6.34. The van der Waals surface area contributed by atoms with E-state index in [1.54, 1.807) is 0 Å². The fourth-order valence-electron chi connectivity index (χ4n) is 13.0. The fraction of sp³-hybridized carbons (Fsp3) is 0.923. The monoisotopic (exact) mass is 630 g/mol. The number of esters is 3. The Balaban J connectivity index is 0.00000115. The van der Waals surface area contributed by atoms with Gasteiger partial charge in [-0.15, -0.1) is 0 Å². The third kappa shape index (κ3) is 5.20. The molecule has 11 atom stereocenters. The molecular formula is C39H66O6. The van der Waals surface area contributed by atoms with Crippen LogP contribution in [0.3, 0.4) is 0 Å². The summed E-state index contributed by atoms with van der Waals surface area (Å²) in [7, 11) is 0. The number of carbonyl (C=O) groups is 3. The normalized spacial score (nSPS) is 50.5. The third-order valence-corrected chi connectivity index (χ3v) is 14.8. The fourth-order valence-corrected chi connectivity index (χ4v) is 13.0. The Labute approximate surface area is 274 Å². The highest BCUT2D eigenvalue weighted by molar-refractivity contribution is 5.83. The molecule has 0 aromatic rings. The summed E-state index contributed by atoms with van der Waals surface area (Å²) in [5, 5.41) is 0. The van der Waals surface area contributed by atoms with E-state index in [4.69, 9.17) is 14.2 Å². The van der Waals surface area contributed by atoms with Crippen LogP contribution in [-0.2, 0) is 28.6 Å². The van der Waals surface area contributed by atoms with Crippen LogP contribution in [0.1, 0.15) is 122 Å². The van der Waals surface area contributed by atoms with E-state index in [0.29, 0.717) is 65.8 Å². The molecule has 11 unspecified atom stereocenters. The number of fused-ring (bicyclic) bond motifs is 4. The molecule has 0 aromatic heterocycles. The Hall–Kier alpha value is -1.59. The van der Waals surface area contributed by atoms with Crippen LogP contribution in [0.4, 0.5) is 0 Å². The van der Waals surface area contributed by atoms with E-state index in [1.807, 2.05) is 13.8 Å². The number of hydrogen-bond donors (Lipinski definition) is 0. The topological polar surface area (TPSA) is 78.9 Å². The maximum atomic E-state index is 14.0. The Morgan fingerprint density at radius 1 is 0.689 bits per heavy atom. The van der Waals surface area contributed by atoms with E-state index in [9.17, 15) is 14.4 Å². The Morgan fingerprint density at radius 3 is 1.78 bits per heavy atom. The molecule has 0 amide bonds. The van der Waals surface area contributed by atoms with Gasteiger partial charge >= 0.3 is 17.9 Å². The van der Waals surface area contributed by atoms with Crippen molar-refractivity contribution < 1.29 is 28.6 Å². The van der Waals surface area contributed by atoms with Crippen molar-refractivity contribution in [1.82, 2.24) is 0 Å². The molecule has 0 spiro atoms. The molecule has 0 aromatic carbocycles. The van der Waals surface area contributed by atoms with Crippen molar-refractivity contribution in [1.29, 1.82) is 0 Å². The minimum absolute atomic E-state index is 0. The van der Waals surface area contributed by atoms with Crippen LogP contribution in [-0.4, -0.2) is 36.2 Å². The zero-order valence-electron chi connectivity index (χ0n) is 25.7. The van der Waals surface area contributed by atoms with Crippen LogP contribution in [0, 0.1) is 88.3 Å². The molecule has 9 fully saturated rings. The lowest BCUT2D eigenvalue weighted by atomic mass is 9.50. The van der Waals surface area contributed by atoms with Gasteiger partial charge in [0, 0.05) is 5.41 Å². The summed E-state index contributed by atoms with van der Waals surface area (Å²) in [4.78, 5) is 39.6. The van der Waals surface area contributed by atoms with Crippen molar-refractivity contribution in [2.75, 3.05) is 6.61 Å². The predicted octanol–water partition coefficient (Wildman–Crippen LogP) is 8.60. The molecule has 0 N–H and O–H groups in total. The molecular weight excluding hydrogens is 564 g/mol. The van der Waals surface area contributed by atoms with E-state index in [0.717, 1.165) is 31.1 Å². The second-order valence-corrected chi connectivity index (χ2v) is 17.2. The summed E-state index contributed by atoms with van der Waals surface area (Å²) in [6.45, 7) is 11.2. The van der Waals surface area contributed by atoms with Crippen LogP contribution >= 0.6 is 0 Å². The number of carbonyl (C=O) groups excluding carboxylic acids is 3. The molecule has 8 aliphatic carbocycles. The van der Waals surface area contributed by atoms with Gasteiger partial charge in [0.2, 0.25) is 6.10 Å². The zero-order valence-corrected chi connectivity index (χ0v) is 25.7. The first-order chi connectivity index (χ1) is 19.4. The van der Waals surface area contributed by atoms with Crippen molar-refractivity contribution in [3.05, 3.63) is 0 Å². The molecule has 8 bridgehead atoms. The lowest BCUT2D eigenvalue weighted by Crippen LogP contribution is -2.58. The molecule has 45 heavy (non-hydrogen) atoms. The van der Waals surface area contributed by atoms with Crippen molar-refractivity contribution in [2.45, 2.75) is 134 Å². The van der Waals surface area contributed by atoms with E-state index >= 15 is 0 Å². The average Bonchev–Trinajstić information content (AvgIpc) is 3.71. The second-order valence-electron chi connectivity index (χ2n) is 17.2. The molecule has 1 saturated heterocycles. The molecule has 6 heteroatoms. The van der Waals surface area contributed by atoms with Crippen molar-refractivity contribution >= 4 is 17.9 Å². The SMILES string of the molecule is C.C.C.C.CC1C2CC(CC2C(=O)OC2C(=O)OCC2(C)C)C1C1C(C)C2CC(C(=O)OC3(C)C4CC5CC(C4)CC3C5)C1C2. The molecule has 8 saturated carbocycles. The Bertz CT molecular complexity index is 1110. The molecule has 9 aliphatic rings. The van der Waals surface area contributed by atoms with Gasteiger partial charge in [0.1, 0.15) is 12.2 Å². The third-order valence-electron chi connectivity index (χ3n) is 14.8. The summed E-state index contributed by atoms with van der Waals surface area (Å²) in [5.41, 5.74) is -0.727. The summed E-state index contributed by atoms with van der Waals surface area (Å²) < 4.78 is 17.7. The predicted molar refractivity (Wildman–Crippen MR) is 178 cm³/mol. The van der Waals surface area contributed by atoms with Crippen LogP contribution in [0.2, 0.25) is 0 Å². The highest BCUT2D eigenvalue weighted by Crippen LogP contribution is 2.67. The van der Waals surface area contributed by atoms with E-state index in [1.165, 1.54) is 38.5 Å². The molecule has 6 nitrogen and oxygen atoms in total. The number of cyclic esters (lactones) is 1. The maximum absolute atomic E-state index is 14.0. The van der Waals surface area contributed by atoms with Crippen LogP contribution in [0.5, 0.6) is 0 Å². The van der Waals surface area contributed by atoms with Gasteiger partial charge in [-0.25, -0.2) is 4.79 Å². The number of ether oxygens (including phenoxy) is 3. The Morgan fingerprint density at radius 2 is 1.24 bits per heavy atom. The van der Waals surface area contributed by atoms with E-state index < -0.39 is 17.5 Å². The highest BCUT2D eigenvalue weighted by atomic mass is 16.6. The lowest BCUT2D eigenvalue weighted by molar-refractivity contribution is -0.209. The molecule has 258 valence electrons.